The average Bonchev–Trinajstić information content (AvgIpc) is 3.03. The van der Waals surface area contributed by atoms with Gasteiger partial charge in [-0.2, -0.15) is 0 Å². The number of carbonyl (C=O) groups excluding carboxylic acids is 3. The van der Waals surface area contributed by atoms with Crippen molar-refractivity contribution in [1.82, 2.24) is 14.5 Å². The van der Waals surface area contributed by atoms with Gasteiger partial charge in [0.2, 0.25) is 17.7 Å². The van der Waals surface area contributed by atoms with E-state index in [1.54, 1.807) is 0 Å². The van der Waals surface area contributed by atoms with Gasteiger partial charge in [0.05, 0.1) is 11.8 Å². The van der Waals surface area contributed by atoms with Gasteiger partial charge in [-0.1, -0.05) is 45.3 Å². The van der Waals surface area contributed by atoms with Crippen molar-refractivity contribution in [2.75, 3.05) is 23.7 Å². The molecule has 10 heteroatoms. The molecule has 3 amide bonds. The zero-order chi connectivity index (χ0) is 24.1. The molecule has 2 aliphatic rings. The number of allylic oxidation sites excluding steroid dienone is 2. The molecule has 180 valence electrons. The highest BCUT2D eigenvalue weighted by molar-refractivity contribution is 6.09. The van der Waals surface area contributed by atoms with Crippen LogP contribution in [-0.2, 0) is 20.9 Å². The molecule has 2 unspecified atom stereocenters. The quantitative estimate of drug-likeness (QED) is 0.308. The number of nitrogens with one attached hydrogen (secondary N) is 1. The number of carbonyl (C=O) groups is 3. The molecule has 0 radical (unpaired) electrons. The number of rotatable bonds is 10. The fourth-order valence-electron chi connectivity index (χ4n) is 4.50. The lowest BCUT2D eigenvalue weighted by Gasteiger charge is -2.26. The summed E-state index contributed by atoms with van der Waals surface area (Å²) in [7, 11) is 0. The minimum atomic E-state index is -0.757. The number of anilines is 2. The van der Waals surface area contributed by atoms with E-state index in [-0.39, 0.29) is 29.9 Å². The van der Waals surface area contributed by atoms with Crippen molar-refractivity contribution in [1.29, 1.82) is 0 Å². The Morgan fingerprint density at radius 2 is 1.64 bits per heavy atom. The highest BCUT2D eigenvalue weighted by atomic mass is 16.2. The number of fused-ring (bicyclic) bond motifs is 1. The van der Waals surface area contributed by atoms with Crippen molar-refractivity contribution in [2.24, 2.45) is 11.8 Å². The Morgan fingerprint density at radius 3 is 2.21 bits per heavy atom. The van der Waals surface area contributed by atoms with Crippen LogP contribution in [0.15, 0.2) is 21.7 Å². The lowest BCUT2D eigenvalue weighted by molar-refractivity contribution is -0.143. The Kier molecular flexibility index (Phi) is 7.88. The molecule has 1 aromatic heterocycles. The largest absolute Gasteiger partial charge is 0.383 e. The second-order valence-electron chi connectivity index (χ2n) is 8.67. The van der Waals surface area contributed by atoms with Crippen LogP contribution >= 0.6 is 0 Å². The molecule has 1 aliphatic heterocycles. The third-order valence-electron chi connectivity index (χ3n) is 6.40. The standard InChI is InChI=1S/C23H33N5O5/c1-3-5-9-13-26(18-19(24)27(12-6-4-2)23(33)25-20(18)30)17(29)14-28-21(31)15-10-7-8-11-16(15)22(28)32/h7-8,15-16H,3-6,9-14,24H2,1-2H3,(H,25,30,33). The molecule has 10 nitrogen and oxygen atoms in total. The van der Waals surface area contributed by atoms with E-state index in [1.807, 2.05) is 26.0 Å². The molecular weight excluding hydrogens is 426 g/mol. The number of nitrogens with zero attached hydrogens (tertiary/aromatic N) is 3. The number of nitrogen functional groups attached to an aromatic ring is 1. The molecule has 33 heavy (non-hydrogen) atoms. The molecule has 0 spiro atoms. The van der Waals surface area contributed by atoms with E-state index in [0.29, 0.717) is 32.2 Å². The lowest BCUT2D eigenvalue weighted by Crippen LogP contribution is -2.47. The molecule has 0 bridgehead atoms. The monoisotopic (exact) mass is 459 g/mol. The van der Waals surface area contributed by atoms with Gasteiger partial charge in [0, 0.05) is 13.1 Å². The number of hydrogen-bond donors (Lipinski definition) is 2. The van der Waals surface area contributed by atoms with Crippen LogP contribution in [0.3, 0.4) is 0 Å². The summed E-state index contributed by atoms with van der Waals surface area (Å²) in [5.41, 5.74) is 4.73. The number of H-pyrrole nitrogens is 1. The van der Waals surface area contributed by atoms with Gasteiger partial charge in [0.25, 0.3) is 5.56 Å². The van der Waals surface area contributed by atoms with Crippen molar-refractivity contribution < 1.29 is 14.4 Å². The highest BCUT2D eigenvalue weighted by Crippen LogP contribution is 2.35. The lowest BCUT2D eigenvalue weighted by atomic mass is 9.85. The first-order valence-electron chi connectivity index (χ1n) is 11.7. The maximum absolute atomic E-state index is 13.4. The molecule has 0 saturated carbocycles. The Morgan fingerprint density at radius 1 is 1.03 bits per heavy atom. The summed E-state index contributed by atoms with van der Waals surface area (Å²) >= 11 is 0. The number of aromatic amines is 1. The van der Waals surface area contributed by atoms with E-state index in [9.17, 15) is 24.0 Å². The molecule has 2 atom stereocenters. The number of imide groups is 1. The molecule has 3 rings (SSSR count). The molecule has 1 saturated heterocycles. The smallest absolute Gasteiger partial charge is 0.330 e. The Labute approximate surface area is 192 Å². The summed E-state index contributed by atoms with van der Waals surface area (Å²) < 4.78 is 1.26. The number of likely N-dealkylation sites (tertiary alicyclic amines) is 1. The van der Waals surface area contributed by atoms with Gasteiger partial charge in [-0.3, -0.25) is 33.6 Å². The van der Waals surface area contributed by atoms with Gasteiger partial charge in [-0.05, 0) is 25.7 Å². The third-order valence-corrected chi connectivity index (χ3v) is 6.40. The zero-order valence-corrected chi connectivity index (χ0v) is 19.3. The third kappa shape index (κ3) is 4.94. The predicted octanol–water partition coefficient (Wildman–Crippen LogP) is 1.39. The van der Waals surface area contributed by atoms with Crippen LogP contribution in [0.4, 0.5) is 11.5 Å². The fraction of sp³-hybridized carbons (Fsp3) is 0.609. The maximum atomic E-state index is 13.4. The molecule has 3 N–H and O–H groups in total. The molecule has 1 aromatic rings. The zero-order valence-electron chi connectivity index (χ0n) is 19.3. The summed E-state index contributed by atoms with van der Waals surface area (Å²) in [4.78, 5) is 68.5. The highest BCUT2D eigenvalue weighted by Gasteiger charge is 2.48. The summed E-state index contributed by atoms with van der Waals surface area (Å²) in [6, 6.07) is 0. The minimum Gasteiger partial charge on any atom is -0.383 e. The Balaban J connectivity index is 1.92. The van der Waals surface area contributed by atoms with E-state index < -0.39 is 35.5 Å². The number of unbranched alkanes of at least 4 members (excludes halogenated alkanes) is 3. The predicted molar refractivity (Wildman–Crippen MR) is 125 cm³/mol. The topological polar surface area (TPSA) is 139 Å². The number of aromatic nitrogens is 2. The number of nitrogens with two attached hydrogens (primary N) is 1. The first-order chi connectivity index (χ1) is 15.8. The second-order valence-corrected chi connectivity index (χ2v) is 8.67. The van der Waals surface area contributed by atoms with Crippen molar-refractivity contribution in [3.05, 3.63) is 33.0 Å². The number of hydrogen-bond acceptors (Lipinski definition) is 6. The average molecular weight is 460 g/mol. The van der Waals surface area contributed by atoms with Crippen LogP contribution in [0.25, 0.3) is 0 Å². The van der Waals surface area contributed by atoms with Crippen molar-refractivity contribution in [2.45, 2.75) is 65.3 Å². The minimum absolute atomic E-state index is 0.0843. The maximum Gasteiger partial charge on any atom is 0.330 e. The second kappa shape index (κ2) is 10.6. The fourth-order valence-corrected chi connectivity index (χ4v) is 4.50. The van der Waals surface area contributed by atoms with Gasteiger partial charge in [0.15, 0.2) is 5.69 Å². The SMILES string of the molecule is CCCCCN(C(=O)CN1C(=O)C2CC=CCC2C1=O)c1c(N)n(CCCC)c(=O)[nH]c1=O. The van der Waals surface area contributed by atoms with Crippen LogP contribution in [0, 0.1) is 11.8 Å². The van der Waals surface area contributed by atoms with Gasteiger partial charge in [-0.15, -0.1) is 0 Å². The van der Waals surface area contributed by atoms with Gasteiger partial charge >= 0.3 is 5.69 Å². The van der Waals surface area contributed by atoms with Crippen molar-refractivity contribution in [3.63, 3.8) is 0 Å². The molecule has 2 heterocycles. The Hall–Kier alpha value is -3.17. The molecule has 0 aromatic carbocycles. The summed E-state index contributed by atoms with van der Waals surface area (Å²) in [5.74, 6) is -2.24. The van der Waals surface area contributed by atoms with Gasteiger partial charge in [0.1, 0.15) is 12.4 Å². The van der Waals surface area contributed by atoms with Gasteiger partial charge in [-0.25, -0.2) is 4.79 Å². The van der Waals surface area contributed by atoms with Crippen LogP contribution in [0.2, 0.25) is 0 Å². The van der Waals surface area contributed by atoms with Crippen LogP contribution in [-0.4, -0.2) is 45.3 Å². The normalized spacial score (nSPS) is 19.8. The first-order valence-corrected chi connectivity index (χ1v) is 11.7. The Bertz CT molecular complexity index is 1030. The molecule has 1 fully saturated rings. The summed E-state index contributed by atoms with van der Waals surface area (Å²) in [6.45, 7) is 4.02. The first kappa shape index (κ1) is 24.5. The summed E-state index contributed by atoms with van der Waals surface area (Å²) in [6.07, 6.45) is 8.53. The van der Waals surface area contributed by atoms with Crippen molar-refractivity contribution in [3.8, 4) is 0 Å². The number of amides is 3. The van der Waals surface area contributed by atoms with Crippen LogP contribution in [0.5, 0.6) is 0 Å². The van der Waals surface area contributed by atoms with E-state index in [1.165, 1.54) is 9.47 Å². The van der Waals surface area contributed by atoms with Crippen LogP contribution in [0.1, 0.15) is 58.8 Å². The molecular formula is C23H33N5O5. The van der Waals surface area contributed by atoms with E-state index >= 15 is 0 Å². The van der Waals surface area contributed by atoms with E-state index in [2.05, 4.69) is 4.98 Å². The van der Waals surface area contributed by atoms with Gasteiger partial charge < -0.3 is 10.6 Å². The van der Waals surface area contributed by atoms with E-state index in [0.717, 1.165) is 24.2 Å². The van der Waals surface area contributed by atoms with Crippen LogP contribution < -0.4 is 21.9 Å². The van der Waals surface area contributed by atoms with E-state index in [4.69, 9.17) is 5.73 Å². The molecule has 1 aliphatic carbocycles. The van der Waals surface area contributed by atoms with Crippen molar-refractivity contribution >= 4 is 29.2 Å². The summed E-state index contributed by atoms with van der Waals surface area (Å²) in [5, 5.41) is 0.